The van der Waals surface area contributed by atoms with Crippen molar-refractivity contribution in [2.45, 2.75) is 32.8 Å². The predicted octanol–water partition coefficient (Wildman–Crippen LogP) is 1.48. The minimum absolute atomic E-state index is 0.383. The number of hydrogen-bond donors (Lipinski definition) is 2. The van der Waals surface area contributed by atoms with Crippen LogP contribution in [0.4, 0.5) is 4.79 Å². The van der Waals surface area contributed by atoms with Gasteiger partial charge < -0.3 is 10.1 Å². The molecule has 1 aromatic heterocycles. The monoisotopic (exact) mass is 211 g/mol. The summed E-state index contributed by atoms with van der Waals surface area (Å²) in [6.07, 6.45) is 3.90. The topological polar surface area (TPSA) is 67.0 Å². The fourth-order valence-electron chi connectivity index (χ4n) is 1.04. The Hall–Kier alpha value is -1.52. The number of H-pyrrole nitrogens is 1. The lowest BCUT2D eigenvalue weighted by molar-refractivity contribution is 0.0528. The molecule has 5 nitrogen and oxygen atoms in total. The first-order valence-electron chi connectivity index (χ1n) is 4.92. The molecule has 0 saturated heterocycles. The number of rotatable bonds is 3. The Kier molecular flexibility index (Phi) is 3.71. The van der Waals surface area contributed by atoms with Crippen molar-refractivity contribution >= 4 is 6.09 Å². The Bertz CT molecular complexity index is 301. The second-order valence-electron chi connectivity index (χ2n) is 4.29. The van der Waals surface area contributed by atoms with E-state index < -0.39 is 5.60 Å². The van der Waals surface area contributed by atoms with Gasteiger partial charge in [-0.05, 0) is 32.8 Å². The van der Waals surface area contributed by atoms with Crippen LogP contribution in [0, 0.1) is 0 Å². The Morgan fingerprint density at radius 2 is 2.33 bits per heavy atom. The van der Waals surface area contributed by atoms with Crippen LogP contribution in [0.25, 0.3) is 0 Å². The lowest BCUT2D eigenvalue weighted by Gasteiger charge is -2.19. The van der Waals surface area contributed by atoms with Gasteiger partial charge >= 0.3 is 6.09 Å². The average Bonchev–Trinajstić information content (AvgIpc) is 2.53. The van der Waals surface area contributed by atoms with Gasteiger partial charge in [-0.1, -0.05) is 0 Å². The summed E-state index contributed by atoms with van der Waals surface area (Å²) in [5.74, 6) is 0. The van der Waals surface area contributed by atoms with Gasteiger partial charge in [-0.25, -0.2) is 4.79 Å². The van der Waals surface area contributed by atoms with Crippen LogP contribution in [0.5, 0.6) is 0 Å². The molecular weight excluding hydrogens is 194 g/mol. The van der Waals surface area contributed by atoms with Crippen molar-refractivity contribution in [1.82, 2.24) is 15.5 Å². The molecule has 1 amide bonds. The number of carbonyl (C=O) groups is 1. The number of nitrogens with zero attached hydrogens (tertiary/aromatic N) is 1. The number of alkyl carbamates (subject to hydrolysis) is 1. The van der Waals surface area contributed by atoms with Crippen LogP contribution in [0.15, 0.2) is 12.4 Å². The SMILES string of the molecule is CC(C)(C)OC(=O)NCCc1cn[nH]c1. The highest BCUT2D eigenvalue weighted by molar-refractivity contribution is 5.67. The van der Waals surface area contributed by atoms with Gasteiger partial charge in [0.05, 0.1) is 6.20 Å². The number of hydrogen-bond acceptors (Lipinski definition) is 3. The minimum Gasteiger partial charge on any atom is -0.444 e. The molecule has 15 heavy (non-hydrogen) atoms. The van der Waals surface area contributed by atoms with Gasteiger partial charge in [-0.2, -0.15) is 5.10 Å². The lowest BCUT2D eigenvalue weighted by atomic mass is 10.2. The Labute approximate surface area is 89.2 Å². The average molecular weight is 211 g/mol. The summed E-state index contributed by atoms with van der Waals surface area (Å²) in [6.45, 7) is 6.06. The molecule has 2 N–H and O–H groups in total. The molecule has 0 saturated carbocycles. The summed E-state index contributed by atoms with van der Waals surface area (Å²) in [7, 11) is 0. The van der Waals surface area contributed by atoms with E-state index in [9.17, 15) is 4.79 Å². The van der Waals surface area contributed by atoms with E-state index in [0.29, 0.717) is 6.54 Å². The molecule has 5 heteroatoms. The van der Waals surface area contributed by atoms with E-state index in [1.54, 1.807) is 12.4 Å². The van der Waals surface area contributed by atoms with Crippen LogP contribution in [-0.4, -0.2) is 28.4 Å². The van der Waals surface area contributed by atoms with Crippen molar-refractivity contribution in [3.63, 3.8) is 0 Å². The molecule has 1 heterocycles. The van der Waals surface area contributed by atoms with E-state index in [4.69, 9.17) is 4.74 Å². The highest BCUT2D eigenvalue weighted by Crippen LogP contribution is 2.06. The maximum atomic E-state index is 11.2. The number of aromatic nitrogens is 2. The van der Waals surface area contributed by atoms with Crippen molar-refractivity contribution in [2.24, 2.45) is 0 Å². The number of nitrogens with one attached hydrogen (secondary N) is 2. The smallest absolute Gasteiger partial charge is 0.407 e. The summed E-state index contributed by atoms with van der Waals surface area (Å²) < 4.78 is 5.08. The van der Waals surface area contributed by atoms with Gasteiger partial charge in [0, 0.05) is 12.7 Å². The van der Waals surface area contributed by atoms with E-state index in [2.05, 4.69) is 15.5 Å². The fourth-order valence-corrected chi connectivity index (χ4v) is 1.04. The first-order chi connectivity index (χ1) is 6.97. The third-order valence-corrected chi connectivity index (χ3v) is 1.64. The van der Waals surface area contributed by atoms with Gasteiger partial charge in [0.15, 0.2) is 0 Å². The molecule has 0 spiro atoms. The maximum absolute atomic E-state index is 11.2. The van der Waals surface area contributed by atoms with Gasteiger partial charge in [-0.3, -0.25) is 5.10 Å². The standard InChI is InChI=1S/C10H17N3O2/c1-10(2,3)15-9(14)11-5-4-8-6-12-13-7-8/h6-7H,4-5H2,1-3H3,(H,11,14)(H,12,13). The molecule has 1 rings (SSSR count). The molecule has 0 aliphatic heterocycles. The van der Waals surface area contributed by atoms with Gasteiger partial charge in [0.1, 0.15) is 5.60 Å². The molecule has 0 aliphatic rings. The van der Waals surface area contributed by atoms with Gasteiger partial charge in [0.2, 0.25) is 0 Å². The molecule has 0 bridgehead atoms. The molecule has 84 valence electrons. The minimum atomic E-state index is -0.445. The van der Waals surface area contributed by atoms with E-state index in [1.165, 1.54) is 0 Å². The van der Waals surface area contributed by atoms with Crippen LogP contribution in [0.2, 0.25) is 0 Å². The molecule has 0 unspecified atom stereocenters. The zero-order chi connectivity index (χ0) is 11.3. The van der Waals surface area contributed by atoms with Gasteiger partial charge in [0.25, 0.3) is 0 Å². The third kappa shape index (κ3) is 5.05. The van der Waals surface area contributed by atoms with Crippen molar-refractivity contribution in [1.29, 1.82) is 0 Å². The molecule has 0 radical (unpaired) electrons. The Morgan fingerprint density at radius 3 is 2.87 bits per heavy atom. The van der Waals surface area contributed by atoms with Crippen molar-refractivity contribution in [2.75, 3.05) is 6.54 Å². The summed E-state index contributed by atoms with van der Waals surface area (Å²) in [4.78, 5) is 11.2. The molecule has 0 atom stereocenters. The van der Waals surface area contributed by atoms with Crippen LogP contribution in [0.3, 0.4) is 0 Å². The molecule has 0 aromatic carbocycles. The van der Waals surface area contributed by atoms with Crippen LogP contribution in [0.1, 0.15) is 26.3 Å². The highest BCUT2D eigenvalue weighted by Gasteiger charge is 2.15. The number of carbonyl (C=O) groups excluding carboxylic acids is 1. The van der Waals surface area contributed by atoms with E-state index in [0.717, 1.165) is 12.0 Å². The Balaban J connectivity index is 2.18. The number of amides is 1. The molecular formula is C10H17N3O2. The number of aromatic amines is 1. The molecule has 1 aromatic rings. The summed E-state index contributed by atoms with van der Waals surface area (Å²) in [6, 6.07) is 0. The third-order valence-electron chi connectivity index (χ3n) is 1.64. The van der Waals surface area contributed by atoms with Crippen molar-refractivity contribution < 1.29 is 9.53 Å². The van der Waals surface area contributed by atoms with E-state index in [-0.39, 0.29) is 6.09 Å². The fraction of sp³-hybridized carbons (Fsp3) is 0.600. The Morgan fingerprint density at radius 1 is 1.60 bits per heavy atom. The zero-order valence-electron chi connectivity index (χ0n) is 9.33. The normalized spacial score (nSPS) is 11.1. The van der Waals surface area contributed by atoms with Crippen LogP contribution < -0.4 is 5.32 Å². The highest BCUT2D eigenvalue weighted by atomic mass is 16.6. The molecule has 0 fully saturated rings. The molecule has 0 aliphatic carbocycles. The van der Waals surface area contributed by atoms with Crippen LogP contribution in [-0.2, 0) is 11.2 Å². The van der Waals surface area contributed by atoms with Crippen LogP contribution >= 0.6 is 0 Å². The second kappa shape index (κ2) is 4.82. The zero-order valence-corrected chi connectivity index (χ0v) is 9.33. The quantitative estimate of drug-likeness (QED) is 0.795. The summed E-state index contributed by atoms with van der Waals surface area (Å²) >= 11 is 0. The summed E-state index contributed by atoms with van der Waals surface area (Å²) in [5.41, 5.74) is 0.616. The first kappa shape index (κ1) is 11.6. The maximum Gasteiger partial charge on any atom is 0.407 e. The summed E-state index contributed by atoms with van der Waals surface area (Å²) in [5, 5.41) is 9.20. The first-order valence-corrected chi connectivity index (χ1v) is 4.92. The lowest BCUT2D eigenvalue weighted by Crippen LogP contribution is -2.33. The van der Waals surface area contributed by atoms with Gasteiger partial charge in [-0.15, -0.1) is 0 Å². The second-order valence-corrected chi connectivity index (χ2v) is 4.29. The van der Waals surface area contributed by atoms with E-state index in [1.807, 2.05) is 20.8 Å². The van der Waals surface area contributed by atoms with E-state index >= 15 is 0 Å². The largest absolute Gasteiger partial charge is 0.444 e. The van der Waals surface area contributed by atoms with Crippen molar-refractivity contribution in [3.8, 4) is 0 Å². The predicted molar refractivity (Wildman–Crippen MR) is 56.5 cm³/mol. The van der Waals surface area contributed by atoms with Crippen molar-refractivity contribution in [3.05, 3.63) is 18.0 Å². The number of ether oxygens (including phenoxy) is 1.